The summed E-state index contributed by atoms with van der Waals surface area (Å²) in [4.78, 5) is 31.4. The Morgan fingerprint density at radius 3 is 2.54 bits per heavy atom. The Bertz CT molecular complexity index is 959. The van der Waals surface area contributed by atoms with Crippen molar-refractivity contribution in [3.63, 3.8) is 0 Å². The minimum absolute atomic E-state index is 0.190. The molecule has 0 aliphatic heterocycles. The maximum atomic E-state index is 12.4. The van der Waals surface area contributed by atoms with E-state index in [0.29, 0.717) is 21.6 Å². The number of rotatable bonds is 5. The summed E-state index contributed by atoms with van der Waals surface area (Å²) in [5.74, 6) is -0.190. The number of aromatic amines is 1. The van der Waals surface area contributed by atoms with Crippen LogP contribution in [0.1, 0.15) is 6.92 Å². The molecule has 1 heterocycles. The average molecular weight is 386 g/mol. The number of benzene rings is 2. The SMILES string of the molecule is CC(Sc1nc(-c2ccccc2)cc(=O)[nH]1)C(=O)Nc1ccc(Cl)cc1. The lowest BCUT2D eigenvalue weighted by Gasteiger charge is -2.12. The molecule has 0 saturated carbocycles. The van der Waals surface area contributed by atoms with Gasteiger partial charge < -0.3 is 10.3 Å². The number of nitrogens with zero attached hydrogens (tertiary/aromatic N) is 1. The molecule has 2 N–H and O–H groups in total. The quantitative estimate of drug-likeness (QED) is 0.509. The van der Waals surface area contributed by atoms with Crippen molar-refractivity contribution < 1.29 is 4.79 Å². The maximum Gasteiger partial charge on any atom is 0.252 e. The van der Waals surface area contributed by atoms with Crippen LogP contribution in [0, 0.1) is 0 Å². The second-order valence-corrected chi connectivity index (χ2v) is 7.32. The minimum atomic E-state index is -0.445. The van der Waals surface area contributed by atoms with Gasteiger partial charge in [0.1, 0.15) is 0 Å². The van der Waals surface area contributed by atoms with Crippen molar-refractivity contribution in [3.8, 4) is 11.3 Å². The molecule has 0 spiro atoms. The van der Waals surface area contributed by atoms with Crippen LogP contribution < -0.4 is 10.9 Å². The lowest BCUT2D eigenvalue weighted by Crippen LogP contribution is -2.23. The van der Waals surface area contributed by atoms with E-state index in [1.807, 2.05) is 30.3 Å². The Morgan fingerprint density at radius 2 is 1.85 bits per heavy atom. The molecule has 1 amide bonds. The second kappa shape index (κ2) is 8.21. The Balaban J connectivity index is 1.73. The third-order valence-corrected chi connectivity index (χ3v) is 4.80. The van der Waals surface area contributed by atoms with Crippen LogP contribution in [0.15, 0.2) is 70.6 Å². The number of amides is 1. The number of anilines is 1. The van der Waals surface area contributed by atoms with Crippen LogP contribution in [0.4, 0.5) is 5.69 Å². The van der Waals surface area contributed by atoms with Crippen LogP contribution in [0.2, 0.25) is 5.02 Å². The first-order chi connectivity index (χ1) is 12.5. The van der Waals surface area contributed by atoms with Crippen molar-refractivity contribution in [1.82, 2.24) is 9.97 Å². The molecular formula is C19H16ClN3O2S. The summed E-state index contributed by atoms with van der Waals surface area (Å²) in [6.45, 7) is 1.76. The summed E-state index contributed by atoms with van der Waals surface area (Å²) in [5, 5.41) is 3.37. The van der Waals surface area contributed by atoms with E-state index in [1.54, 1.807) is 31.2 Å². The van der Waals surface area contributed by atoms with E-state index < -0.39 is 5.25 Å². The number of carbonyl (C=O) groups excluding carboxylic acids is 1. The molecule has 26 heavy (non-hydrogen) atoms. The van der Waals surface area contributed by atoms with Gasteiger partial charge in [-0.25, -0.2) is 4.98 Å². The lowest BCUT2D eigenvalue weighted by molar-refractivity contribution is -0.115. The number of halogens is 1. The average Bonchev–Trinajstić information content (AvgIpc) is 2.64. The molecule has 7 heteroatoms. The lowest BCUT2D eigenvalue weighted by atomic mass is 10.1. The molecule has 0 radical (unpaired) electrons. The fourth-order valence-electron chi connectivity index (χ4n) is 2.25. The first-order valence-electron chi connectivity index (χ1n) is 7.91. The monoisotopic (exact) mass is 385 g/mol. The van der Waals surface area contributed by atoms with Crippen LogP contribution in [0.25, 0.3) is 11.3 Å². The normalized spacial score (nSPS) is 11.8. The number of hydrogen-bond donors (Lipinski definition) is 2. The first-order valence-corrected chi connectivity index (χ1v) is 9.17. The Morgan fingerprint density at radius 1 is 1.15 bits per heavy atom. The van der Waals surface area contributed by atoms with Crippen molar-refractivity contribution in [1.29, 1.82) is 0 Å². The number of H-pyrrole nitrogens is 1. The van der Waals surface area contributed by atoms with Crippen molar-refractivity contribution in [2.45, 2.75) is 17.3 Å². The van der Waals surface area contributed by atoms with Crippen LogP contribution >= 0.6 is 23.4 Å². The fraction of sp³-hybridized carbons (Fsp3) is 0.105. The summed E-state index contributed by atoms with van der Waals surface area (Å²) in [6, 6.07) is 17.7. The summed E-state index contributed by atoms with van der Waals surface area (Å²) < 4.78 is 0. The van der Waals surface area contributed by atoms with E-state index in [4.69, 9.17) is 11.6 Å². The van der Waals surface area contributed by atoms with Gasteiger partial charge in [0.05, 0.1) is 10.9 Å². The number of carbonyl (C=O) groups is 1. The molecule has 1 unspecified atom stereocenters. The molecule has 0 aliphatic carbocycles. The summed E-state index contributed by atoms with van der Waals surface area (Å²) >= 11 is 7.03. The molecule has 2 aromatic carbocycles. The predicted octanol–water partition coefficient (Wildman–Crippen LogP) is 4.21. The summed E-state index contributed by atoms with van der Waals surface area (Å²) in [7, 11) is 0. The highest BCUT2D eigenvalue weighted by molar-refractivity contribution is 8.00. The van der Waals surface area contributed by atoms with E-state index in [0.717, 1.165) is 5.56 Å². The standard InChI is InChI=1S/C19H16ClN3O2S/c1-12(18(25)21-15-9-7-14(20)8-10-15)26-19-22-16(11-17(24)23-19)13-5-3-2-4-6-13/h2-12H,1H3,(H,21,25)(H,22,23,24). The van der Waals surface area contributed by atoms with Crippen LogP contribution in [-0.2, 0) is 4.79 Å². The van der Waals surface area contributed by atoms with E-state index >= 15 is 0 Å². The highest BCUT2D eigenvalue weighted by Gasteiger charge is 2.16. The second-order valence-electron chi connectivity index (χ2n) is 5.56. The van der Waals surface area contributed by atoms with Gasteiger partial charge in [0, 0.05) is 22.3 Å². The zero-order valence-corrected chi connectivity index (χ0v) is 15.5. The molecule has 1 atom stereocenters. The van der Waals surface area contributed by atoms with E-state index in [9.17, 15) is 9.59 Å². The molecule has 0 fully saturated rings. The van der Waals surface area contributed by atoms with Crippen LogP contribution in [0.3, 0.4) is 0 Å². The van der Waals surface area contributed by atoms with Crippen molar-refractivity contribution in [2.24, 2.45) is 0 Å². The highest BCUT2D eigenvalue weighted by Crippen LogP contribution is 2.23. The minimum Gasteiger partial charge on any atom is -0.325 e. The number of aromatic nitrogens is 2. The number of nitrogens with one attached hydrogen (secondary N) is 2. The van der Waals surface area contributed by atoms with Gasteiger partial charge in [-0.1, -0.05) is 53.7 Å². The van der Waals surface area contributed by atoms with Crippen molar-refractivity contribution in [2.75, 3.05) is 5.32 Å². The molecule has 5 nitrogen and oxygen atoms in total. The Hall–Kier alpha value is -2.57. The van der Waals surface area contributed by atoms with Crippen molar-refractivity contribution >= 4 is 35.0 Å². The van der Waals surface area contributed by atoms with Gasteiger partial charge >= 0.3 is 0 Å². The molecule has 3 rings (SSSR count). The topological polar surface area (TPSA) is 74.8 Å². The highest BCUT2D eigenvalue weighted by atomic mass is 35.5. The zero-order chi connectivity index (χ0) is 18.5. The summed E-state index contributed by atoms with van der Waals surface area (Å²) in [6.07, 6.45) is 0. The van der Waals surface area contributed by atoms with Crippen molar-refractivity contribution in [3.05, 3.63) is 76.0 Å². The van der Waals surface area contributed by atoms with Gasteiger partial charge in [0.15, 0.2) is 5.16 Å². The number of thioether (sulfide) groups is 1. The van der Waals surface area contributed by atoms with Gasteiger partial charge in [-0.15, -0.1) is 0 Å². The molecule has 0 bridgehead atoms. The third-order valence-electron chi connectivity index (χ3n) is 3.56. The fourth-order valence-corrected chi connectivity index (χ4v) is 3.18. The molecule has 0 saturated heterocycles. The van der Waals surface area contributed by atoms with E-state index in [1.165, 1.54) is 17.8 Å². The predicted molar refractivity (Wildman–Crippen MR) is 106 cm³/mol. The molecule has 132 valence electrons. The molecular weight excluding hydrogens is 370 g/mol. The van der Waals surface area contributed by atoms with Gasteiger partial charge in [-0.05, 0) is 31.2 Å². The van der Waals surface area contributed by atoms with Gasteiger partial charge in [0.2, 0.25) is 5.91 Å². The first kappa shape index (κ1) is 18.2. The summed E-state index contributed by atoms with van der Waals surface area (Å²) in [5.41, 5.74) is 1.82. The maximum absolute atomic E-state index is 12.4. The Labute approximate surface area is 159 Å². The van der Waals surface area contributed by atoms with Crippen LogP contribution in [0.5, 0.6) is 0 Å². The number of hydrogen-bond acceptors (Lipinski definition) is 4. The third kappa shape index (κ3) is 4.74. The van der Waals surface area contributed by atoms with Gasteiger partial charge in [-0.2, -0.15) is 0 Å². The molecule has 3 aromatic rings. The largest absolute Gasteiger partial charge is 0.325 e. The van der Waals surface area contributed by atoms with Gasteiger partial charge in [0.25, 0.3) is 5.56 Å². The molecule has 0 aliphatic rings. The molecule has 1 aromatic heterocycles. The smallest absolute Gasteiger partial charge is 0.252 e. The Kier molecular flexibility index (Phi) is 5.75. The van der Waals surface area contributed by atoms with E-state index in [-0.39, 0.29) is 11.5 Å². The van der Waals surface area contributed by atoms with Crippen LogP contribution in [-0.4, -0.2) is 21.1 Å². The zero-order valence-electron chi connectivity index (χ0n) is 13.9. The van der Waals surface area contributed by atoms with Gasteiger partial charge in [-0.3, -0.25) is 9.59 Å². The van der Waals surface area contributed by atoms with E-state index in [2.05, 4.69) is 15.3 Å².